The molecule has 1 fully saturated rings. The topological polar surface area (TPSA) is 67.3 Å². The Labute approximate surface area is 183 Å². The van der Waals surface area contributed by atoms with E-state index in [4.69, 9.17) is 4.74 Å². The fourth-order valence-corrected chi connectivity index (χ4v) is 3.95. The molecule has 0 radical (unpaired) electrons. The molecule has 1 unspecified atom stereocenters. The molecule has 160 valence electrons. The van der Waals surface area contributed by atoms with Gasteiger partial charge in [0, 0.05) is 31.3 Å². The summed E-state index contributed by atoms with van der Waals surface area (Å²) in [7, 11) is 1.66. The van der Waals surface area contributed by atoms with Crippen molar-refractivity contribution in [3.8, 4) is 17.0 Å². The number of rotatable bonds is 7. The van der Waals surface area contributed by atoms with Gasteiger partial charge in [0.05, 0.1) is 18.7 Å². The summed E-state index contributed by atoms with van der Waals surface area (Å²) in [5.74, 6) is 1.81. The van der Waals surface area contributed by atoms with E-state index >= 15 is 0 Å². The highest BCUT2D eigenvalue weighted by molar-refractivity contribution is 5.79. The molecule has 0 saturated carbocycles. The maximum Gasteiger partial charge on any atom is 0.224 e. The Morgan fingerprint density at radius 3 is 2.71 bits per heavy atom. The Hall–Kier alpha value is -3.41. The van der Waals surface area contributed by atoms with Crippen molar-refractivity contribution >= 4 is 11.7 Å². The Morgan fingerprint density at radius 1 is 1.13 bits per heavy atom. The van der Waals surface area contributed by atoms with Crippen LogP contribution >= 0.6 is 0 Å². The van der Waals surface area contributed by atoms with Crippen LogP contribution in [0.1, 0.15) is 18.4 Å². The number of aromatic nitrogens is 2. The number of methoxy groups -OCH3 is 1. The van der Waals surface area contributed by atoms with Gasteiger partial charge in [-0.15, -0.1) is 0 Å². The van der Waals surface area contributed by atoms with Crippen molar-refractivity contribution in [1.29, 1.82) is 0 Å². The van der Waals surface area contributed by atoms with E-state index < -0.39 is 0 Å². The maximum atomic E-state index is 12.8. The molecular formula is C25H28N4O2. The van der Waals surface area contributed by atoms with E-state index in [1.165, 1.54) is 5.56 Å². The van der Waals surface area contributed by atoms with E-state index in [0.29, 0.717) is 13.1 Å². The Kier molecular flexibility index (Phi) is 6.77. The number of amides is 1. The summed E-state index contributed by atoms with van der Waals surface area (Å²) in [6.07, 6.45) is 4.29. The lowest BCUT2D eigenvalue weighted by molar-refractivity contribution is -0.125. The molecule has 0 aliphatic carbocycles. The first-order valence-corrected chi connectivity index (χ1v) is 10.8. The Balaban J connectivity index is 1.33. The largest absolute Gasteiger partial charge is 0.497 e. The average molecular weight is 417 g/mol. The van der Waals surface area contributed by atoms with Gasteiger partial charge < -0.3 is 15.0 Å². The molecule has 1 aliphatic rings. The number of nitrogens with one attached hydrogen (secondary N) is 1. The summed E-state index contributed by atoms with van der Waals surface area (Å²) >= 11 is 0. The zero-order valence-electron chi connectivity index (χ0n) is 17.8. The zero-order chi connectivity index (χ0) is 21.5. The van der Waals surface area contributed by atoms with Gasteiger partial charge in [-0.25, -0.2) is 9.97 Å². The highest BCUT2D eigenvalue weighted by Crippen LogP contribution is 2.25. The number of anilines is 1. The molecule has 0 spiro atoms. The van der Waals surface area contributed by atoms with E-state index in [-0.39, 0.29) is 11.8 Å². The predicted molar refractivity (Wildman–Crippen MR) is 122 cm³/mol. The van der Waals surface area contributed by atoms with Crippen molar-refractivity contribution in [2.75, 3.05) is 31.6 Å². The lowest BCUT2D eigenvalue weighted by Gasteiger charge is -2.33. The fourth-order valence-electron chi connectivity index (χ4n) is 3.95. The van der Waals surface area contributed by atoms with Crippen molar-refractivity contribution in [2.24, 2.45) is 5.92 Å². The molecule has 1 aliphatic heterocycles. The van der Waals surface area contributed by atoms with Gasteiger partial charge >= 0.3 is 0 Å². The van der Waals surface area contributed by atoms with Crippen LogP contribution < -0.4 is 15.0 Å². The summed E-state index contributed by atoms with van der Waals surface area (Å²) < 4.78 is 5.19. The predicted octanol–water partition coefficient (Wildman–Crippen LogP) is 3.73. The van der Waals surface area contributed by atoms with Crippen LogP contribution in [0, 0.1) is 5.92 Å². The van der Waals surface area contributed by atoms with Crippen molar-refractivity contribution in [2.45, 2.75) is 19.3 Å². The highest BCUT2D eigenvalue weighted by atomic mass is 16.5. The van der Waals surface area contributed by atoms with Gasteiger partial charge in [-0.1, -0.05) is 42.5 Å². The number of benzene rings is 2. The van der Waals surface area contributed by atoms with Crippen LogP contribution in [0.3, 0.4) is 0 Å². The zero-order valence-corrected chi connectivity index (χ0v) is 17.8. The van der Waals surface area contributed by atoms with Crippen LogP contribution in [-0.2, 0) is 11.2 Å². The van der Waals surface area contributed by atoms with Gasteiger partial charge in [-0.2, -0.15) is 0 Å². The molecule has 1 saturated heterocycles. The van der Waals surface area contributed by atoms with E-state index in [2.05, 4.69) is 20.2 Å². The molecule has 3 aromatic rings. The van der Waals surface area contributed by atoms with Crippen LogP contribution in [-0.4, -0.2) is 42.6 Å². The van der Waals surface area contributed by atoms with Crippen molar-refractivity contribution in [1.82, 2.24) is 15.3 Å². The first kappa shape index (κ1) is 20.8. The molecule has 6 heteroatoms. The van der Waals surface area contributed by atoms with Crippen LogP contribution in [0.25, 0.3) is 11.3 Å². The normalized spacial score (nSPS) is 16.0. The Bertz CT molecular complexity index is 992. The quantitative estimate of drug-likeness (QED) is 0.636. The van der Waals surface area contributed by atoms with Gasteiger partial charge in [-0.3, -0.25) is 4.79 Å². The van der Waals surface area contributed by atoms with Crippen molar-refractivity contribution < 1.29 is 9.53 Å². The van der Waals surface area contributed by atoms with Crippen molar-refractivity contribution in [3.05, 3.63) is 72.6 Å². The molecule has 1 atom stereocenters. The SMILES string of the molecule is COc1ccc(CCNC(=O)C2CCCN(c3cc(-c4ccccc4)ncn3)C2)cc1. The van der Waals surface area contributed by atoms with Crippen LogP contribution in [0.4, 0.5) is 5.82 Å². The molecule has 2 aromatic carbocycles. The molecular weight excluding hydrogens is 388 g/mol. The standard InChI is InChI=1S/C25H28N4O2/c1-31-22-11-9-19(10-12-22)13-14-26-25(30)21-8-5-15-29(17-21)24-16-23(27-18-28-24)20-6-3-2-4-7-20/h2-4,6-7,9-12,16,18,21H,5,8,13-15,17H2,1H3,(H,26,30). The molecule has 1 aromatic heterocycles. The summed E-state index contributed by atoms with van der Waals surface area (Å²) in [5, 5.41) is 3.11. The van der Waals surface area contributed by atoms with E-state index in [0.717, 1.165) is 48.6 Å². The van der Waals surface area contributed by atoms with Gasteiger partial charge in [0.25, 0.3) is 0 Å². The molecule has 31 heavy (non-hydrogen) atoms. The summed E-state index contributed by atoms with van der Waals surface area (Å²) in [6.45, 7) is 2.22. The third kappa shape index (κ3) is 5.40. The maximum absolute atomic E-state index is 12.8. The minimum atomic E-state index is -0.0280. The molecule has 1 amide bonds. The van der Waals surface area contributed by atoms with Crippen LogP contribution in [0.2, 0.25) is 0 Å². The molecule has 1 N–H and O–H groups in total. The number of nitrogens with zero attached hydrogens (tertiary/aromatic N) is 3. The number of carbonyl (C=O) groups excluding carboxylic acids is 1. The van der Waals surface area contributed by atoms with Crippen LogP contribution in [0.15, 0.2) is 67.0 Å². The smallest absolute Gasteiger partial charge is 0.224 e. The second-order valence-electron chi connectivity index (χ2n) is 7.80. The third-order valence-corrected chi connectivity index (χ3v) is 5.71. The van der Waals surface area contributed by atoms with Gasteiger partial charge in [0.1, 0.15) is 17.9 Å². The Morgan fingerprint density at radius 2 is 1.94 bits per heavy atom. The minimum Gasteiger partial charge on any atom is -0.497 e. The van der Waals surface area contributed by atoms with Crippen LogP contribution in [0.5, 0.6) is 5.75 Å². The van der Waals surface area contributed by atoms with E-state index in [1.807, 2.05) is 60.7 Å². The summed E-state index contributed by atoms with van der Waals surface area (Å²) in [4.78, 5) is 23.8. The van der Waals surface area contributed by atoms with Gasteiger partial charge in [0.15, 0.2) is 0 Å². The van der Waals surface area contributed by atoms with Gasteiger partial charge in [-0.05, 0) is 37.0 Å². The molecule has 6 nitrogen and oxygen atoms in total. The number of hydrogen-bond donors (Lipinski definition) is 1. The number of hydrogen-bond acceptors (Lipinski definition) is 5. The third-order valence-electron chi connectivity index (χ3n) is 5.71. The molecule has 4 rings (SSSR count). The number of piperidine rings is 1. The van der Waals surface area contributed by atoms with E-state index in [1.54, 1.807) is 13.4 Å². The second-order valence-corrected chi connectivity index (χ2v) is 7.80. The summed E-state index contributed by atoms with van der Waals surface area (Å²) in [5.41, 5.74) is 3.15. The average Bonchev–Trinajstić information content (AvgIpc) is 2.85. The number of carbonyl (C=O) groups is 1. The molecule has 0 bridgehead atoms. The monoisotopic (exact) mass is 416 g/mol. The minimum absolute atomic E-state index is 0.0280. The lowest BCUT2D eigenvalue weighted by atomic mass is 9.97. The lowest BCUT2D eigenvalue weighted by Crippen LogP contribution is -2.43. The fraction of sp³-hybridized carbons (Fsp3) is 0.320. The van der Waals surface area contributed by atoms with E-state index in [9.17, 15) is 4.79 Å². The van der Waals surface area contributed by atoms with Crippen molar-refractivity contribution in [3.63, 3.8) is 0 Å². The van der Waals surface area contributed by atoms with Gasteiger partial charge in [0.2, 0.25) is 5.91 Å². The summed E-state index contributed by atoms with van der Waals surface area (Å²) in [6, 6.07) is 20.1. The highest BCUT2D eigenvalue weighted by Gasteiger charge is 2.26. The first-order chi connectivity index (χ1) is 15.2. The molecule has 2 heterocycles. The number of ether oxygens (including phenoxy) is 1. The second kappa shape index (κ2) is 10.1. The first-order valence-electron chi connectivity index (χ1n) is 10.8.